The topological polar surface area (TPSA) is 44.5 Å². The number of imidazole rings is 1. The highest BCUT2D eigenvalue weighted by molar-refractivity contribution is 5.76. The van der Waals surface area contributed by atoms with Crippen LogP contribution in [0.4, 0.5) is 14.5 Å². The Hall–Kier alpha value is -2.67. The number of hydrogen-bond donors (Lipinski definition) is 1. The highest BCUT2D eigenvalue weighted by Gasteiger charge is 2.23. The summed E-state index contributed by atoms with van der Waals surface area (Å²) in [6, 6.07) is 14.2. The summed E-state index contributed by atoms with van der Waals surface area (Å²) >= 11 is 0. The van der Waals surface area contributed by atoms with Crippen molar-refractivity contribution >= 4 is 16.7 Å². The third-order valence-electron chi connectivity index (χ3n) is 4.82. The average Bonchev–Trinajstić information content (AvgIpc) is 3.01. The van der Waals surface area contributed by atoms with Gasteiger partial charge < -0.3 is 10.0 Å². The average molecular weight is 358 g/mol. The van der Waals surface area contributed by atoms with Gasteiger partial charge in [0.05, 0.1) is 23.3 Å². The molecule has 1 N–H and O–H groups in total. The van der Waals surface area contributed by atoms with E-state index < -0.39 is 6.55 Å². The van der Waals surface area contributed by atoms with Crippen molar-refractivity contribution in [2.45, 2.75) is 13.1 Å². The second-order valence-corrected chi connectivity index (χ2v) is 6.42. The zero-order valence-corrected chi connectivity index (χ0v) is 14.2. The predicted molar refractivity (Wildman–Crippen MR) is 96.6 cm³/mol. The number of nitrogens with zero attached hydrogens (tertiary/aromatic N) is 4. The van der Waals surface area contributed by atoms with Gasteiger partial charge in [0.2, 0.25) is 0 Å². The Labute approximate surface area is 150 Å². The molecule has 0 unspecified atom stereocenters. The van der Waals surface area contributed by atoms with Crippen molar-refractivity contribution in [2.24, 2.45) is 0 Å². The molecule has 1 fully saturated rings. The van der Waals surface area contributed by atoms with Gasteiger partial charge in [0.25, 0.3) is 0 Å². The lowest BCUT2D eigenvalue weighted by molar-refractivity contribution is 0.0681. The van der Waals surface area contributed by atoms with Crippen LogP contribution < -0.4 is 4.90 Å². The molecule has 0 aliphatic carbocycles. The monoisotopic (exact) mass is 358 g/mol. The molecule has 136 valence electrons. The van der Waals surface area contributed by atoms with E-state index in [4.69, 9.17) is 0 Å². The number of aromatic hydroxyl groups is 1. The van der Waals surface area contributed by atoms with Crippen molar-refractivity contribution in [3.63, 3.8) is 0 Å². The Morgan fingerprint density at radius 3 is 2.38 bits per heavy atom. The first-order valence-corrected chi connectivity index (χ1v) is 8.63. The molecule has 26 heavy (non-hydrogen) atoms. The lowest BCUT2D eigenvalue weighted by Crippen LogP contribution is -2.46. The van der Waals surface area contributed by atoms with E-state index in [1.165, 1.54) is 0 Å². The number of phenols is 1. The SMILES string of the molecule is Oc1ccccc1N1CCN(Cc2nc3ccccc3n2C(F)F)CC1. The fourth-order valence-corrected chi connectivity index (χ4v) is 3.50. The summed E-state index contributed by atoms with van der Waals surface area (Å²) in [6.07, 6.45) is 0. The molecular formula is C19H20F2N4O. The van der Waals surface area contributed by atoms with Gasteiger partial charge in [-0.15, -0.1) is 0 Å². The van der Waals surface area contributed by atoms with Gasteiger partial charge in [-0.05, 0) is 24.3 Å². The molecule has 0 spiro atoms. The van der Waals surface area contributed by atoms with E-state index in [9.17, 15) is 13.9 Å². The first kappa shape index (κ1) is 16.8. The Bertz CT molecular complexity index is 903. The molecule has 0 radical (unpaired) electrons. The summed E-state index contributed by atoms with van der Waals surface area (Å²) in [7, 11) is 0. The number of para-hydroxylation sites is 4. The zero-order valence-electron chi connectivity index (χ0n) is 14.2. The Kier molecular flexibility index (Phi) is 4.46. The normalized spacial score (nSPS) is 15.9. The number of anilines is 1. The molecule has 2 heterocycles. The molecule has 0 saturated carbocycles. The fraction of sp³-hybridized carbons (Fsp3) is 0.316. The molecule has 1 aliphatic rings. The van der Waals surface area contributed by atoms with Gasteiger partial charge in [0.15, 0.2) is 0 Å². The quantitative estimate of drug-likeness (QED) is 0.776. The first-order valence-electron chi connectivity index (χ1n) is 8.63. The van der Waals surface area contributed by atoms with E-state index in [1.54, 1.807) is 36.4 Å². The third kappa shape index (κ3) is 3.10. The highest BCUT2D eigenvalue weighted by Crippen LogP contribution is 2.28. The number of benzene rings is 2. The van der Waals surface area contributed by atoms with Crippen LogP contribution in [-0.4, -0.2) is 45.7 Å². The molecule has 1 aliphatic heterocycles. The van der Waals surface area contributed by atoms with Crippen molar-refractivity contribution in [1.29, 1.82) is 0 Å². The van der Waals surface area contributed by atoms with Crippen LogP contribution in [0.2, 0.25) is 0 Å². The second kappa shape index (κ2) is 6.92. The van der Waals surface area contributed by atoms with Crippen LogP contribution in [-0.2, 0) is 6.54 Å². The van der Waals surface area contributed by atoms with Gasteiger partial charge in [0, 0.05) is 26.2 Å². The number of alkyl halides is 2. The molecule has 1 saturated heterocycles. The molecule has 1 aromatic heterocycles. The van der Waals surface area contributed by atoms with Gasteiger partial charge in [-0.1, -0.05) is 24.3 Å². The number of aromatic nitrogens is 2. The van der Waals surface area contributed by atoms with E-state index in [2.05, 4.69) is 14.8 Å². The van der Waals surface area contributed by atoms with Crippen LogP contribution in [0.15, 0.2) is 48.5 Å². The maximum atomic E-state index is 13.5. The predicted octanol–water partition coefficient (Wildman–Crippen LogP) is 3.46. The summed E-state index contributed by atoms with van der Waals surface area (Å²) in [6.45, 7) is 0.675. The number of piperazine rings is 1. The summed E-state index contributed by atoms with van der Waals surface area (Å²) < 4.78 is 28.1. The lowest BCUT2D eigenvalue weighted by Gasteiger charge is -2.36. The molecule has 0 bridgehead atoms. The molecule has 2 aromatic carbocycles. The molecule has 7 heteroatoms. The van der Waals surface area contributed by atoms with Gasteiger partial charge >= 0.3 is 6.55 Å². The van der Waals surface area contributed by atoms with Crippen LogP contribution in [0, 0.1) is 0 Å². The van der Waals surface area contributed by atoms with Gasteiger partial charge in [0.1, 0.15) is 11.6 Å². The van der Waals surface area contributed by atoms with Crippen LogP contribution in [0.5, 0.6) is 5.75 Å². The minimum atomic E-state index is -2.61. The smallest absolute Gasteiger partial charge is 0.320 e. The Morgan fingerprint density at radius 1 is 0.962 bits per heavy atom. The molecule has 0 atom stereocenters. The van der Waals surface area contributed by atoms with Crippen LogP contribution >= 0.6 is 0 Å². The summed E-state index contributed by atoms with van der Waals surface area (Å²) in [5, 5.41) is 9.99. The molecule has 0 amide bonds. The number of halogens is 2. The van der Waals surface area contributed by atoms with Crippen molar-refractivity contribution in [2.75, 3.05) is 31.1 Å². The van der Waals surface area contributed by atoms with Gasteiger partial charge in [-0.2, -0.15) is 8.78 Å². The van der Waals surface area contributed by atoms with E-state index in [-0.39, 0.29) is 5.75 Å². The lowest BCUT2D eigenvalue weighted by atomic mass is 10.2. The van der Waals surface area contributed by atoms with E-state index in [0.29, 0.717) is 23.4 Å². The maximum absolute atomic E-state index is 13.5. The Balaban J connectivity index is 1.49. The number of phenolic OH excluding ortho intramolecular Hbond substituents is 1. The molecule has 5 nitrogen and oxygen atoms in total. The summed E-state index contributed by atoms with van der Waals surface area (Å²) in [5.74, 6) is 0.651. The third-order valence-corrected chi connectivity index (χ3v) is 4.82. The van der Waals surface area contributed by atoms with Crippen molar-refractivity contribution in [1.82, 2.24) is 14.5 Å². The number of fused-ring (bicyclic) bond motifs is 1. The van der Waals surface area contributed by atoms with Crippen molar-refractivity contribution < 1.29 is 13.9 Å². The molecular weight excluding hydrogens is 338 g/mol. The van der Waals surface area contributed by atoms with Gasteiger partial charge in [-0.3, -0.25) is 9.47 Å². The number of hydrogen-bond acceptors (Lipinski definition) is 4. The molecule has 3 aromatic rings. The second-order valence-electron chi connectivity index (χ2n) is 6.42. The van der Waals surface area contributed by atoms with Gasteiger partial charge in [-0.25, -0.2) is 4.98 Å². The zero-order chi connectivity index (χ0) is 18.1. The van der Waals surface area contributed by atoms with Crippen LogP contribution in [0.1, 0.15) is 12.4 Å². The largest absolute Gasteiger partial charge is 0.506 e. The Morgan fingerprint density at radius 2 is 1.65 bits per heavy atom. The van der Waals surface area contributed by atoms with Crippen molar-refractivity contribution in [3.05, 3.63) is 54.4 Å². The van der Waals surface area contributed by atoms with E-state index in [0.717, 1.165) is 36.4 Å². The van der Waals surface area contributed by atoms with Crippen molar-refractivity contribution in [3.8, 4) is 5.75 Å². The van der Waals surface area contributed by atoms with E-state index >= 15 is 0 Å². The molecule has 4 rings (SSSR count). The minimum absolute atomic E-state index is 0.264. The minimum Gasteiger partial charge on any atom is -0.506 e. The van der Waals surface area contributed by atoms with E-state index in [1.807, 2.05) is 12.1 Å². The maximum Gasteiger partial charge on any atom is 0.320 e. The standard InChI is InChI=1S/C19H20F2N4O/c20-19(21)25-15-6-2-1-5-14(15)22-18(25)13-23-9-11-24(12-10-23)16-7-3-4-8-17(16)26/h1-8,19,26H,9-13H2. The summed E-state index contributed by atoms with van der Waals surface area (Å²) in [4.78, 5) is 8.64. The fourth-order valence-electron chi connectivity index (χ4n) is 3.50. The highest BCUT2D eigenvalue weighted by atomic mass is 19.3. The summed E-state index contributed by atoms with van der Waals surface area (Å²) in [5.41, 5.74) is 1.87. The number of rotatable bonds is 4. The van der Waals surface area contributed by atoms with Crippen LogP contribution in [0.3, 0.4) is 0 Å². The first-order chi connectivity index (χ1) is 12.6. The van der Waals surface area contributed by atoms with Crippen LogP contribution in [0.25, 0.3) is 11.0 Å².